The molecule has 2 heterocycles. The molecule has 2 aromatic heterocycles. The average molecular weight is 383 g/mol. The highest BCUT2D eigenvalue weighted by atomic mass is 79.9. The van der Waals surface area contributed by atoms with Crippen LogP contribution in [0.5, 0.6) is 0 Å². The Balaban J connectivity index is 1.65. The number of anilines is 2. The topological polar surface area (TPSA) is 66.9 Å². The first-order valence-electron chi connectivity index (χ1n) is 7.35. The fraction of sp³-hybridized carbons (Fsp3) is 0.0556. The lowest BCUT2D eigenvalue weighted by Gasteiger charge is -2.09. The third-order valence-electron chi connectivity index (χ3n) is 3.31. The van der Waals surface area contributed by atoms with Gasteiger partial charge in [0.1, 0.15) is 0 Å². The summed E-state index contributed by atoms with van der Waals surface area (Å²) in [4.78, 5) is 20.4. The Kier molecular flexibility index (Phi) is 5.18. The Bertz CT molecular complexity index is 822. The van der Waals surface area contributed by atoms with Gasteiger partial charge in [-0.25, -0.2) is 0 Å². The molecule has 0 aliphatic carbocycles. The highest BCUT2D eigenvalue weighted by molar-refractivity contribution is 9.10. The molecule has 0 aliphatic rings. The number of hydrogen-bond donors (Lipinski definition) is 2. The molecule has 1 amide bonds. The summed E-state index contributed by atoms with van der Waals surface area (Å²) in [5.41, 5.74) is 3.13. The van der Waals surface area contributed by atoms with Crippen molar-refractivity contribution in [2.45, 2.75) is 6.54 Å². The summed E-state index contributed by atoms with van der Waals surface area (Å²) < 4.78 is 1.01. The van der Waals surface area contributed by atoms with E-state index in [4.69, 9.17) is 0 Å². The van der Waals surface area contributed by atoms with Gasteiger partial charge in [-0.05, 0) is 42.0 Å². The molecule has 0 unspecified atom stereocenters. The van der Waals surface area contributed by atoms with Crippen LogP contribution in [-0.4, -0.2) is 15.9 Å². The quantitative estimate of drug-likeness (QED) is 0.701. The van der Waals surface area contributed by atoms with Gasteiger partial charge in [-0.1, -0.05) is 22.0 Å². The van der Waals surface area contributed by atoms with Gasteiger partial charge in [0, 0.05) is 35.3 Å². The summed E-state index contributed by atoms with van der Waals surface area (Å²) in [7, 11) is 0. The van der Waals surface area contributed by atoms with E-state index in [2.05, 4.69) is 36.5 Å². The van der Waals surface area contributed by atoms with Crippen LogP contribution in [-0.2, 0) is 6.54 Å². The molecule has 5 nitrogen and oxygen atoms in total. The van der Waals surface area contributed by atoms with Crippen LogP contribution in [0.15, 0.2) is 71.7 Å². The molecule has 3 aromatic rings. The Morgan fingerprint density at radius 3 is 2.58 bits per heavy atom. The number of hydrogen-bond acceptors (Lipinski definition) is 4. The second-order valence-corrected chi connectivity index (χ2v) is 6.05. The molecule has 0 saturated heterocycles. The lowest BCUT2D eigenvalue weighted by atomic mass is 10.2. The zero-order chi connectivity index (χ0) is 16.8. The number of benzene rings is 1. The van der Waals surface area contributed by atoms with Crippen molar-refractivity contribution in [2.75, 3.05) is 5.32 Å². The van der Waals surface area contributed by atoms with Crippen molar-refractivity contribution < 1.29 is 4.79 Å². The largest absolute Gasteiger partial charge is 0.354 e. The minimum atomic E-state index is -0.175. The van der Waals surface area contributed by atoms with Crippen LogP contribution in [0.1, 0.15) is 15.9 Å². The first-order valence-corrected chi connectivity index (χ1v) is 8.15. The van der Waals surface area contributed by atoms with Gasteiger partial charge in [0.05, 0.1) is 17.4 Å². The fourth-order valence-corrected chi connectivity index (χ4v) is 2.38. The molecule has 3 rings (SSSR count). The smallest absolute Gasteiger partial charge is 0.253 e. The van der Waals surface area contributed by atoms with E-state index in [1.54, 1.807) is 30.9 Å². The van der Waals surface area contributed by atoms with Crippen LogP contribution in [0.25, 0.3) is 0 Å². The third-order valence-corrected chi connectivity index (χ3v) is 3.84. The highest BCUT2D eigenvalue weighted by Gasteiger charge is 2.07. The Labute approximate surface area is 148 Å². The summed E-state index contributed by atoms with van der Waals surface area (Å²) >= 11 is 3.40. The molecular weight excluding hydrogens is 368 g/mol. The molecule has 0 bridgehead atoms. The molecule has 120 valence electrons. The van der Waals surface area contributed by atoms with Crippen molar-refractivity contribution in [2.24, 2.45) is 0 Å². The summed E-state index contributed by atoms with van der Waals surface area (Å²) in [6, 6.07) is 13.3. The lowest BCUT2D eigenvalue weighted by Crippen LogP contribution is -2.23. The first-order chi connectivity index (χ1) is 11.7. The zero-order valence-corrected chi connectivity index (χ0v) is 14.3. The maximum Gasteiger partial charge on any atom is 0.253 e. The van der Waals surface area contributed by atoms with Crippen LogP contribution in [0.2, 0.25) is 0 Å². The number of nitrogens with one attached hydrogen (secondary N) is 2. The van der Waals surface area contributed by atoms with E-state index in [1.165, 1.54) is 0 Å². The van der Waals surface area contributed by atoms with Crippen molar-refractivity contribution >= 4 is 33.2 Å². The predicted octanol–water partition coefficient (Wildman–Crippen LogP) is 3.91. The minimum absolute atomic E-state index is 0.175. The van der Waals surface area contributed by atoms with E-state index < -0.39 is 0 Å². The van der Waals surface area contributed by atoms with Crippen LogP contribution in [0, 0.1) is 0 Å². The number of halogens is 1. The molecule has 0 fully saturated rings. The number of aromatic nitrogens is 2. The predicted molar refractivity (Wildman–Crippen MR) is 97.1 cm³/mol. The van der Waals surface area contributed by atoms with E-state index in [0.29, 0.717) is 12.1 Å². The average Bonchev–Trinajstić information content (AvgIpc) is 2.63. The highest BCUT2D eigenvalue weighted by Crippen LogP contribution is 2.19. The molecular formula is C18H15BrN4O. The molecule has 0 atom stereocenters. The molecule has 6 heteroatoms. The second-order valence-electron chi connectivity index (χ2n) is 5.14. The van der Waals surface area contributed by atoms with Crippen molar-refractivity contribution in [1.82, 2.24) is 15.3 Å². The van der Waals surface area contributed by atoms with E-state index in [1.807, 2.05) is 36.4 Å². The SMILES string of the molecule is O=C(NCc1cccnc1)c1cncc(Nc2ccc(Br)cc2)c1. The van der Waals surface area contributed by atoms with Crippen molar-refractivity contribution in [1.29, 1.82) is 0 Å². The number of carbonyl (C=O) groups is 1. The van der Waals surface area contributed by atoms with Crippen molar-refractivity contribution in [3.8, 4) is 0 Å². The molecule has 1 aromatic carbocycles. The summed E-state index contributed by atoms with van der Waals surface area (Å²) in [6.45, 7) is 0.428. The van der Waals surface area contributed by atoms with Crippen LogP contribution in [0.3, 0.4) is 0 Å². The number of pyridine rings is 2. The Morgan fingerprint density at radius 1 is 1.00 bits per heavy atom. The van der Waals surface area contributed by atoms with Gasteiger partial charge in [-0.3, -0.25) is 14.8 Å². The standard InChI is InChI=1S/C18H15BrN4O/c19-15-3-5-16(6-4-15)23-17-8-14(11-21-12-17)18(24)22-10-13-2-1-7-20-9-13/h1-9,11-12,23H,10H2,(H,22,24). The van der Waals surface area contributed by atoms with Gasteiger partial charge in [-0.15, -0.1) is 0 Å². The molecule has 2 N–H and O–H groups in total. The number of rotatable bonds is 5. The normalized spacial score (nSPS) is 10.2. The van der Waals surface area contributed by atoms with Gasteiger partial charge in [0.25, 0.3) is 5.91 Å². The summed E-state index contributed by atoms with van der Waals surface area (Å²) in [5, 5.41) is 6.09. The van der Waals surface area contributed by atoms with E-state index in [9.17, 15) is 4.79 Å². The zero-order valence-electron chi connectivity index (χ0n) is 12.7. The summed E-state index contributed by atoms with van der Waals surface area (Å²) in [6.07, 6.45) is 6.65. The molecule has 0 aliphatic heterocycles. The monoisotopic (exact) mass is 382 g/mol. The van der Waals surface area contributed by atoms with Gasteiger partial charge in [-0.2, -0.15) is 0 Å². The van der Waals surface area contributed by atoms with Gasteiger partial charge >= 0.3 is 0 Å². The number of amides is 1. The fourth-order valence-electron chi connectivity index (χ4n) is 2.12. The van der Waals surface area contributed by atoms with Crippen molar-refractivity contribution in [3.63, 3.8) is 0 Å². The molecule has 0 saturated carbocycles. The van der Waals surface area contributed by atoms with Crippen LogP contribution < -0.4 is 10.6 Å². The first kappa shape index (κ1) is 16.1. The third kappa shape index (κ3) is 4.39. The second kappa shape index (κ2) is 7.70. The minimum Gasteiger partial charge on any atom is -0.354 e. The Morgan fingerprint density at radius 2 is 1.83 bits per heavy atom. The number of carbonyl (C=O) groups excluding carboxylic acids is 1. The molecule has 0 radical (unpaired) electrons. The van der Waals surface area contributed by atoms with E-state index >= 15 is 0 Å². The van der Waals surface area contributed by atoms with Gasteiger partial charge in [0.2, 0.25) is 0 Å². The maximum atomic E-state index is 12.3. The number of nitrogens with zero attached hydrogens (tertiary/aromatic N) is 2. The van der Waals surface area contributed by atoms with E-state index in [0.717, 1.165) is 21.4 Å². The van der Waals surface area contributed by atoms with Gasteiger partial charge in [0.15, 0.2) is 0 Å². The van der Waals surface area contributed by atoms with Crippen molar-refractivity contribution in [3.05, 3.63) is 82.9 Å². The Hall–Kier alpha value is -2.73. The summed E-state index contributed by atoms with van der Waals surface area (Å²) in [5.74, 6) is -0.175. The maximum absolute atomic E-state index is 12.3. The lowest BCUT2D eigenvalue weighted by molar-refractivity contribution is 0.0950. The van der Waals surface area contributed by atoms with Crippen LogP contribution >= 0.6 is 15.9 Å². The molecule has 24 heavy (non-hydrogen) atoms. The molecule has 0 spiro atoms. The van der Waals surface area contributed by atoms with Crippen LogP contribution in [0.4, 0.5) is 11.4 Å². The van der Waals surface area contributed by atoms with Gasteiger partial charge < -0.3 is 10.6 Å². The van der Waals surface area contributed by atoms with E-state index in [-0.39, 0.29) is 5.91 Å².